The molecule has 1 atom stereocenters. The Morgan fingerprint density at radius 3 is 2.69 bits per heavy atom. The molecule has 0 aliphatic rings. The molecule has 0 amide bonds. The quantitative estimate of drug-likeness (QED) is 0.720. The minimum Gasteiger partial charge on any atom is -0.480 e. The molecule has 0 unspecified atom stereocenters. The highest BCUT2D eigenvalue weighted by molar-refractivity contribution is 7.08. The molecule has 0 spiro atoms. The van der Waals surface area contributed by atoms with E-state index in [9.17, 15) is 9.59 Å². The maximum Gasteiger partial charge on any atom is 0.337 e. The molecule has 6 heteroatoms. The lowest BCUT2D eigenvalue weighted by Crippen LogP contribution is -2.29. The number of hydrogen-bond donors (Lipinski definition) is 3. The van der Waals surface area contributed by atoms with Crippen molar-refractivity contribution in [2.24, 2.45) is 5.73 Å². The summed E-state index contributed by atoms with van der Waals surface area (Å²) in [5, 5.41) is 20.5. The Labute approximate surface area is 95.8 Å². The van der Waals surface area contributed by atoms with E-state index < -0.39 is 18.0 Å². The average Bonchev–Trinajstić information content (AvgIpc) is 2.65. The molecule has 0 radical (unpaired) electrons. The Morgan fingerprint density at radius 2 is 2.12 bits per heavy atom. The largest absolute Gasteiger partial charge is 0.480 e. The first-order chi connectivity index (χ1) is 7.52. The van der Waals surface area contributed by atoms with Crippen LogP contribution in [0.15, 0.2) is 16.8 Å². The number of rotatable bonds is 5. The van der Waals surface area contributed by atoms with E-state index in [1.807, 2.05) is 0 Å². The summed E-state index contributed by atoms with van der Waals surface area (Å²) in [6.45, 7) is 0. The van der Waals surface area contributed by atoms with Gasteiger partial charge in [0.1, 0.15) is 6.04 Å². The second-order valence-corrected chi connectivity index (χ2v) is 3.87. The van der Waals surface area contributed by atoms with E-state index in [4.69, 9.17) is 15.9 Å². The molecule has 0 aliphatic carbocycles. The number of hydrogen-bond acceptors (Lipinski definition) is 4. The lowest BCUT2D eigenvalue weighted by molar-refractivity contribution is -0.138. The molecule has 1 heterocycles. The van der Waals surface area contributed by atoms with Crippen LogP contribution in [0.5, 0.6) is 0 Å². The molecule has 0 fully saturated rings. The van der Waals surface area contributed by atoms with Gasteiger partial charge in [0.15, 0.2) is 0 Å². The van der Waals surface area contributed by atoms with Crippen molar-refractivity contribution in [1.29, 1.82) is 0 Å². The number of aromatic carboxylic acids is 1. The van der Waals surface area contributed by atoms with E-state index in [0.29, 0.717) is 5.56 Å². The van der Waals surface area contributed by atoms with Gasteiger partial charge in [0.05, 0.1) is 5.56 Å². The van der Waals surface area contributed by atoms with Gasteiger partial charge in [-0.05, 0) is 17.4 Å². The predicted octanol–water partition coefficient (Wildman–Crippen LogP) is 1.26. The lowest BCUT2D eigenvalue weighted by Gasteiger charge is -2.00. The molecular formula is C10H11NO4S. The maximum atomic E-state index is 10.7. The first-order valence-electron chi connectivity index (χ1n) is 4.46. The zero-order valence-corrected chi connectivity index (χ0v) is 9.11. The molecule has 0 aliphatic heterocycles. The summed E-state index contributed by atoms with van der Waals surface area (Å²) < 4.78 is 0. The van der Waals surface area contributed by atoms with E-state index in [2.05, 4.69) is 0 Å². The number of thiophene rings is 1. The van der Waals surface area contributed by atoms with Gasteiger partial charge in [-0.25, -0.2) is 4.79 Å². The highest BCUT2D eigenvalue weighted by atomic mass is 32.1. The third-order valence-corrected chi connectivity index (χ3v) is 2.69. The number of carbonyl (C=O) groups is 2. The van der Waals surface area contributed by atoms with Crippen LogP contribution in [0.2, 0.25) is 0 Å². The van der Waals surface area contributed by atoms with Gasteiger partial charge >= 0.3 is 11.9 Å². The normalized spacial score (nSPS) is 12.8. The number of nitrogens with two attached hydrogens (primary N) is 1. The first-order valence-corrected chi connectivity index (χ1v) is 5.41. The topological polar surface area (TPSA) is 101 Å². The second kappa shape index (κ2) is 5.43. The zero-order valence-electron chi connectivity index (χ0n) is 8.29. The van der Waals surface area contributed by atoms with Crippen LogP contribution in [0.1, 0.15) is 22.3 Å². The van der Waals surface area contributed by atoms with E-state index in [0.717, 1.165) is 0 Å². The van der Waals surface area contributed by atoms with E-state index in [-0.39, 0.29) is 12.0 Å². The third kappa shape index (κ3) is 3.18. The standard InChI is InChI=1S/C10H11NO4S/c11-8(10(14)15)3-1-2-6-4-16-5-7(6)9(12)13/h1-2,4-5,8H,3,11H2,(H,12,13)(H,14,15)/b2-1+/t8-/m1/s1. The monoisotopic (exact) mass is 241 g/mol. The van der Waals surface area contributed by atoms with Crippen molar-refractivity contribution >= 4 is 29.4 Å². The van der Waals surface area contributed by atoms with E-state index in [1.165, 1.54) is 16.7 Å². The van der Waals surface area contributed by atoms with Crippen LogP contribution in [0, 0.1) is 0 Å². The number of aliphatic carboxylic acids is 1. The number of carboxylic acid groups (broad SMARTS) is 2. The van der Waals surface area contributed by atoms with Gasteiger partial charge in [-0.3, -0.25) is 4.79 Å². The highest BCUT2D eigenvalue weighted by Gasteiger charge is 2.10. The van der Waals surface area contributed by atoms with Crippen molar-refractivity contribution < 1.29 is 19.8 Å². The van der Waals surface area contributed by atoms with Crippen molar-refractivity contribution in [3.8, 4) is 0 Å². The molecule has 4 N–H and O–H groups in total. The van der Waals surface area contributed by atoms with Crippen molar-refractivity contribution in [3.63, 3.8) is 0 Å². The summed E-state index contributed by atoms with van der Waals surface area (Å²) >= 11 is 1.28. The third-order valence-electron chi connectivity index (χ3n) is 1.93. The summed E-state index contributed by atoms with van der Waals surface area (Å²) in [6.07, 6.45) is 3.31. The zero-order chi connectivity index (χ0) is 12.1. The average molecular weight is 241 g/mol. The van der Waals surface area contributed by atoms with Gasteiger partial charge in [0, 0.05) is 5.38 Å². The molecular weight excluding hydrogens is 230 g/mol. The van der Waals surface area contributed by atoms with Crippen LogP contribution in [0.3, 0.4) is 0 Å². The molecule has 86 valence electrons. The molecule has 5 nitrogen and oxygen atoms in total. The predicted molar refractivity (Wildman–Crippen MR) is 60.5 cm³/mol. The van der Waals surface area contributed by atoms with Gasteiger partial charge in [0.25, 0.3) is 0 Å². The maximum absolute atomic E-state index is 10.7. The fourth-order valence-corrected chi connectivity index (χ4v) is 1.85. The second-order valence-electron chi connectivity index (χ2n) is 3.13. The van der Waals surface area contributed by atoms with Crippen LogP contribution in [0.25, 0.3) is 6.08 Å². The van der Waals surface area contributed by atoms with E-state index in [1.54, 1.807) is 17.5 Å². The Balaban J connectivity index is 2.66. The molecule has 0 saturated carbocycles. The molecule has 1 rings (SSSR count). The van der Waals surface area contributed by atoms with Crippen molar-refractivity contribution in [2.75, 3.05) is 0 Å². The van der Waals surface area contributed by atoms with Crippen molar-refractivity contribution in [3.05, 3.63) is 28.0 Å². The fraction of sp³-hybridized carbons (Fsp3) is 0.200. The summed E-state index contributed by atoms with van der Waals surface area (Å²) in [5.74, 6) is -2.07. The molecule has 0 bridgehead atoms. The molecule has 0 saturated heterocycles. The fourth-order valence-electron chi connectivity index (χ4n) is 1.05. The van der Waals surface area contributed by atoms with Crippen molar-refractivity contribution in [2.45, 2.75) is 12.5 Å². The Morgan fingerprint density at radius 1 is 1.44 bits per heavy atom. The molecule has 16 heavy (non-hydrogen) atoms. The first kappa shape index (κ1) is 12.4. The Hall–Kier alpha value is -1.66. The SMILES string of the molecule is N[C@H](C/C=C/c1cscc1C(=O)O)C(=O)O. The Bertz CT molecular complexity index is 424. The minimum atomic E-state index is -1.08. The molecule has 1 aromatic rings. The van der Waals surface area contributed by atoms with Gasteiger partial charge in [0.2, 0.25) is 0 Å². The summed E-state index contributed by atoms with van der Waals surface area (Å²) in [7, 11) is 0. The van der Waals surface area contributed by atoms with Crippen LogP contribution >= 0.6 is 11.3 Å². The molecule has 0 aromatic carbocycles. The van der Waals surface area contributed by atoms with Crippen LogP contribution in [0.4, 0.5) is 0 Å². The van der Waals surface area contributed by atoms with Crippen LogP contribution in [-0.4, -0.2) is 28.2 Å². The van der Waals surface area contributed by atoms with Crippen LogP contribution < -0.4 is 5.73 Å². The summed E-state index contributed by atoms with van der Waals surface area (Å²) in [4.78, 5) is 21.2. The Kier molecular flexibility index (Phi) is 4.21. The summed E-state index contributed by atoms with van der Waals surface area (Å²) in [6, 6.07) is -0.955. The van der Waals surface area contributed by atoms with E-state index >= 15 is 0 Å². The molecule has 1 aromatic heterocycles. The van der Waals surface area contributed by atoms with Gasteiger partial charge < -0.3 is 15.9 Å². The number of carboxylic acids is 2. The minimum absolute atomic E-state index is 0.171. The summed E-state index contributed by atoms with van der Waals surface area (Å²) in [5.41, 5.74) is 6.07. The highest BCUT2D eigenvalue weighted by Crippen LogP contribution is 2.16. The van der Waals surface area contributed by atoms with Crippen LogP contribution in [-0.2, 0) is 4.79 Å². The van der Waals surface area contributed by atoms with Crippen molar-refractivity contribution in [1.82, 2.24) is 0 Å². The van der Waals surface area contributed by atoms with Gasteiger partial charge in [-0.15, -0.1) is 0 Å². The van der Waals surface area contributed by atoms with Gasteiger partial charge in [-0.1, -0.05) is 12.2 Å². The van der Waals surface area contributed by atoms with Gasteiger partial charge in [-0.2, -0.15) is 11.3 Å². The smallest absolute Gasteiger partial charge is 0.337 e. The lowest BCUT2D eigenvalue weighted by atomic mass is 10.1.